The first-order valence-electron chi connectivity index (χ1n) is 5.70. The Morgan fingerprint density at radius 3 is 2.82 bits per heavy atom. The zero-order valence-corrected chi connectivity index (χ0v) is 10.3. The standard InChI is InChI=1S/C13H19NO3/c1-10-6-12(9-15)8-13(7-10)17-5-3-4-14-11(2)16/h6-8,15H,3-5,9H2,1-2H3,(H,14,16). The van der Waals surface area contributed by atoms with E-state index in [2.05, 4.69) is 5.32 Å². The van der Waals surface area contributed by atoms with Gasteiger partial charge in [-0.3, -0.25) is 4.79 Å². The molecule has 2 N–H and O–H groups in total. The number of carbonyl (C=O) groups is 1. The van der Waals surface area contributed by atoms with Gasteiger partial charge in [-0.1, -0.05) is 6.07 Å². The second kappa shape index (κ2) is 6.91. The van der Waals surface area contributed by atoms with Crippen LogP contribution in [0.2, 0.25) is 0 Å². The maximum absolute atomic E-state index is 10.6. The number of hydrogen-bond acceptors (Lipinski definition) is 3. The molecule has 1 aromatic rings. The van der Waals surface area contributed by atoms with Gasteiger partial charge in [0.2, 0.25) is 5.91 Å². The molecule has 1 rings (SSSR count). The lowest BCUT2D eigenvalue weighted by molar-refractivity contribution is -0.118. The van der Waals surface area contributed by atoms with Crippen LogP contribution < -0.4 is 10.1 Å². The predicted octanol–water partition coefficient (Wildman–Crippen LogP) is 1.39. The number of aryl methyl sites for hydroxylation is 1. The van der Waals surface area contributed by atoms with Crippen LogP contribution in [0.25, 0.3) is 0 Å². The van der Waals surface area contributed by atoms with Gasteiger partial charge in [0.05, 0.1) is 13.2 Å². The van der Waals surface area contributed by atoms with Crippen molar-refractivity contribution >= 4 is 5.91 Å². The minimum absolute atomic E-state index is 0.0178. The molecule has 0 radical (unpaired) electrons. The van der Waals surface area contributed by atoms with Gasteiger partial charge < -0.3 is 15.2 Å². The fourth-order valence-electron chi connectivity index (χ4n) is 1.53. The summed E-state index contributed by atoms with van der Waals surface area (Å²) in [6, 6.07) is 5.67. The summed E-state index contributed by atoms with van der Waals surface area (Å²) in [5, 5.41) is 11.8. The fraction of sp³-hybridized carbons (Fsp3) is 0.462. The smallest absolute Gasteiger partial charge is 0.216 e. The molecule has 0 aromatic heterocycles. The van der Waals surface area contributed by atoms with Gasteiger partial charge in [0.1, 0.15) is 5.75 Å². The Hall–Kier alpha value is -1.55. The Kier molecular flexibility index (Phi) is 5.49. The molecule has 4 nitrogen and oxygen atoms in total. The number of ether oxygens (including phenoxy) is 1. The van der Waals surface area contributed by atoms with E-state index in [9.17, 15) is 4.79 Å². The molecule has 4 heteroatoms. The van der Waals surface area contributed by atoms with Gasteiger partial charge in [-0.15, -0.1) is 0 Å². The van der Waals surface area contributed by atoms with Crippen LogP contribution in [0, 0.1) is 6.92 Å². The topological polar surface area (TPSA) is 58.6 Å². The fourth-order valence-corrected chi connectivity index (χ4v) is 1.53. The first kappa shape index (κ1) is 13.5. The highest BCUT2D eigenvalue weighted by molar-refractivity contribution is 5.72. The van der Waals surface area contributed by atoms with Crippen LogP contribution >= 0.6 is 0 Å². The van der Waals surface area contributed by atoms with Crippen LogP contribution in [0.1, 0.15) is 24.5 Å². The molecule has 0 unspecified atom stereocenters. The molecule has 0 heterocycles. The normalized spacial score (nSPS) is 10.1. The van der Waals surface area contributed by atoms with Crippen molar-refractivity contribution in [2.45, 2.75) is 26.9 Å². The summed E-state index contributed by atoms with van der Waals surface area (Å²) in [5.74, 6) is 0.736. The van der Waals surface area contributed by atoms with E-state index in [1.807, 2.05) is 25.1 Å². The second-order valence-electron chi connectivity index (χ2n) is 4.00. The SMILES string of the molecule is CC(=O)NCCCOc1cc(C)cc(CO)c1. The van der Waals surface area contributed by atoms with Crippen molar-refractivity contribution in [1.82, 2.24) is 5.32 Å². The number of aliphatic hydroxyl groups is 1. The average molecular weight is 237 g/mol. The average Bonchev–Trinajstić information content (AvgIpc) is 2.27. The van der Waals surface area contributed by atoms with Crippen LogP contribution in [0.5, 0.6) is 5.75 Å². The summed E-state index contributed by atoms with van der Waals surface area (Å²) < 4.78 is 5.55. The third-order valence-electron chi connectivity index (χ3n) is 2.26. The molecule has 0 atom stereocenters. The summed E-state index contributed by atoms with van der Waals surface area (Å²) in [7, 11) is 0. The zero-order valence-electron chi connectivity index (χ0n) is 10.3. The maximum Gasteiger partial charge on any atom is 0.216 e. The van der Waals surface area contributed by atoms with Gasteiger partial charge >= 0.3 is 0 Å². The van der Waals surface area contributed by atoms with Gasteiger partial charge in [0, 0.05) is 13.5 Å². The van der Waals surface area contributed by atoms with Crippen molar-refractivity contribution in [3.05, 3.63) is 29.3 Å². The lowest BCUT2D eigenvalue weighted by Gasteiger charge is -2.09. The van der Waals surface area contributed by atoms with Crippen molar-refractivity contribution in [2.24, 2.45) is 0 Å². The van der Waals surface area contributed by atoms with Crippen LogP contribution in [-0.4, -0.2) is 24.2 Å². The van der Waals surface area contributed by atoms with E-state index in [1.54, 1.807) is 0 Å². The minimum Gasteiger partial charge on any atom is -0.494 e. The lowest BCUT2D eigenvalue weighted by Crippen LogP contribution is -2.22. The molecule has 0 fully saturated rings. The van der Waals surface area contributed by atoms with Crippen LogP contribution in [-0.2, 0) is 11.4 Å². The van der Waals surface area contributed by atoms with E-state index in [-0.39, 0.29) is 12.5 Å². The highest BCUT2D eigenvalue weighted by atomic mass is 16.5. The van der Waals surface area contributed by atoms with Crippen molar-refractivity contribution in [3.63, 3.8) is 0 Å². The number of nitrogens with one attached hydrogen (secondary N) is 1. The Balaban J connectivity index is 2.36. The van der Waals surface area contributed by atoms with E-state index in [0.29, 0.717) is 13.2 Å². The molecule has 0 aliphatic rings. The van der Waals surface area contributed by atoms with Crippen LogP contribution in [0.4, 0.5) is 0 Å². The third kappa shape index (κ3) is 5.36. The highest BCUT2D eigenvalue weighted by Crippen LogP contribution is 2.16. The van der Waals surface area contributed by atoms with E-state index in [4.69, 9.17) is 9.84 Å². The Morgan fingerprint density at radius 1 is 1.41 bits per heavy atom. The lowest BCUT2D eigenvalue weighted by atomic mass is 10.1. The first-order valence-corrected chi connectivity index (χ1v) is 5.70. The van der Waals surface area contributed by atoms with E-state index >= 15 is 0 Å². The number of carbonyl (C=O) groups excluding carboxylic acids is 1. The number of benzene rings is 1. The molecule has 94 valence electrons. The zero-order chi connectivity index (χ0) is 12.7. The van der Waals surface area contributed by atoms with Crippen molar-refractivity contribution in [1.29, 1.82) is 0 Å². The van der Waals surface area contributed by atoms with Crippen molar-refractivity contribution < 1.29 is 14.6 Å². The summed E-state index contributed by atoms with van der Waals surface area (Å²) in [5.41, 5.74) is 1.91. The third-order valence-corrected chi connectivity index (χ3v) is 2.26. The van der Waals surface area contributed by atoms with Crippen molar-refractivity contribution in [3.8, 4) is 5.75 Å². The van der Waals surface area contributed by atoms with Gasteiger partial charge in [0.15, 0.2) is 0 Å². The first-order chi connectivity index (χ1) is 8.11. The quantitative estimate of drug-likeness (QED) is 0.735. The van der Waals surface area contributed by atoms with Crippen molar-refractivity contribution in [2.75, 3.05) is 13.2 Å². The molecule has 0 aliphatic heterocycles. The number of rotatable bonds is 6. The maximum atomic E-state index is 10.6. The van der Waals surface area contributed by atoms with Gasteiger partial charge in [-0.05, 0) is 36.6 Å². The molecule has 0 aliphatic carbocycles. The molecule has 1 amide bonds. The Bertz CT molecular complexity index is 377. The number of hydrogen-bond donors (Lipinski definition) is 2. The van der Waals surface area contributed by atoms with Crippen LogP contribution in [0.3, 0.4) is 0 Å². The molecular weight excluding hydrogens is 218 g/mol. The molecule has 0 bridgehead atoms. The molecule has 0 saturated carbocycles. The minimum atomic E-state index is -0.0249. The van der Waals surface area contributed by atoms with Gasteiger partial charge in [-0.25, -0.2) is 0 Å². The van der Waals surface area contributed by atoms with Gasteiger partial charge in [-0.2, -0.15) is 0 Å². The largest absolute Gasteiger partial charge is 0.494 e. The Morgan fingerprint density at radius 2 is 2.18 bits per heavy atom. The predicted molar refractivity (Wildman–Crippen MR) is 65.9 cm³/mol. The highest BCUT2D eigenvalue weighted by Gasteiger charge is 1.99. The summed E-state index contributed by atoms with van der Waals surface area (Å²) in [4.78, 5) is 10.6. The molecular formula is C13H19NO3. The van der Waals surface area contributed by atoms with E-state index in [1.165, 1.54) is 6.92 Å². The molecule has 17 heavy (non-hydrogen) atoms. The number of aliphatic hydroxyl groups excluding tert-OH is 1. The second-order valence-corrected chi connectivity index (χ2v) is 4.00. The number of amides is 1. The molecule has 0 saturated heterocycles. The Labute approximate surface area is 102 Å². The summed E-state index contributed by atoms with van der Waals surface area (Å²) in [6.07, 6.45) is 0.766. The van der Waals surface area contributed by atoms with E-state index in [0.717, 1.165) is 23.3 Å². The monoisotopic (exact) mass is 237 g/mol. The van der Waals surface area contributed by atoms with E-state index < -0.39 is 0 Å². The molecule has 1 aromatic carbocycles. The van der Waals surface area contributed by atoms with Gasteiger partial charge in [0.25, 0.3) is 0 Å². The summed E-state index contributed by atoms with van der Waals surface area (Å²) in [6.45, 7) is 4.64. The summed E-state index contributed by atoms with van der Waals surface area (Å²) >= 11 is 0. The molecule has 0 spiro atoms. The van der Waals surface area contributed by atoms with Crippen LogP contribution in [0.15, 0.2) is 18.2 Å².